The summed E-state index contributed by atoms with van der Waals surface area (Å²) in [5.74, 6) is -2.09. The first-order valence-corrected chi connectivity index (χ1v) is 8.75. The first kappa shape index (κ1) is 22.7. The van der Waals surface area contributed by atoms with Crippen molar-refractivity contribution >= 4 is 5.97 Å². The van der Waals surface area contributed by atoms with Crippen LogP contribution in [0.1, 0.15) is 46.5 Å². The number of hydrogen-bond acceptors (Lipinski definition) is 9. The van der Waals surface area contributed by atoms with Gasteiger partial charge in [0.25, 0.3) is 5.76 Å². The molecule has 0 bridgehead atoms. The number of rotatable bonds is 12. The molecule has 1 unspecified atom stereocenters. The quantitative estimate of drug-likeness (QED) is 0.140. The van der Waals surface area contributed by atoms with Crippen LogP contribution in [0.4, 0.5) is 0 Å². The summed E-state index contributed by atoms with van der Waals surface area (Å²) < 4.78 is 10.7. The van der Waals surface area contributed by atoms with Crippen LogP contribution in [0.5, 0.6) is 0 Å². The van der Waals surface area contributed by atoms with Crippen molar-refractivity contribution in [3.8, 4) is 0 Å². The number of hydrogen-bond donors (Lipinski definition) is 5. The Bertz CT molecular complexity index is 504. The molecule has 1 aliphatic heterocycles. The van der Waals surface area contributed by atoms with Gasteiger partial charge in [0.2, 0.25) is 11.4 Å². The molecule has 1 heterocycles. The third-order valence-corrected chi connectivity index (χ3v) is 4.35. The maximum Gasteiger partial charge on any atom is 0.378 e. The van der Waals surface area contributed by atoms with Crippen LogP contribution in [-0.2, 0) is 19.2 Å². The van der Waals surface area contributed by atoms with Crippen molar-refractivity contribution in [1.29, 1.82) is 0 Å². The van der Waals surface area contributed by atoms with Gasteiger partial charge in [0.15, 0.2) is 0 Å². The second-order valence-corrected chi connectivity index (χ2v) is 7.00. The lowest BCUT2D eigenvalue weighted by atomic mass is 9.73. The normalized spacial score (nSPS) is 23.8. The zero-order chi connectivity index (χ0) is 20.0. The summed E-state index contributed by atoms with van der Waals surface area (Å²) in [6, 6.07) is 0. The first-order chi connectivity index (χ1) is 12.2. The highest BCUT2D eigenvalue weighted by atomic mass is 17.1. The third kappa shape index (κ3) is 4.47. The van der Waals surface area contributed by atoms with E-state index in [2.05, 4.69) is 4.89 Å². The summed E-state index contributed by atoms with van der Waals surface area (Å²) in [4.78, 5) is 16.7. The van der Waals surface area contributed by atoms with Gasteiger partial charge < -0.3 is 34.8 Å². The molecule has 5 N–H and O–H groups in total. The SMILES string of the molecule is CCCCOC1=C(OO)[C@@](CC(O)CO)([C@@](O)(CO)CC(C)C)OC1=O. The lowest BCUT2D eigenvalue weighted by Crippen LogP contribution is -2.60. The number of aliphatic hydroxyl groups is 4. The highest BCUT2D eigenvalue weighted by Gasteiger charge is 2.64. The van der Waals surface area contributed by atoms with Crippen molar-refractivity contribution in [2.24, 2.45) is 5.92 Å². The van der Waals surface area contributed by atoms with E-state index in [0.717, 1.165) is 6.42 Å². The lowest BCUT2D eigenvalue weighted by Gasteiger charge is -2.43. The van der Waals surface area contributed by atoms with Crippen molar-refractivity contribution in [3.05, 3.63) is 11.5 Å². The van der Waals surface area contributed by atoms with Gasteiger partial charge in [0.05, 0.1) is 25.9 Å². The predicted molar refractivity (Wildman–Crippen MR) is 89.6 cm³/mol. The van der Waals surface area contributed by atoms with E-state index in [0.29, 0.717) is 6.42 Å². The standard InChI is InChI=1S/C17H30O9/c1-4-5-6-24-13-14(26-23)17(25-15(13)21,8-12(20)9-18)16(22,10-19)7-11(2)3/h11-12,18-20,22-23H,4-10H2,1-3H3/t12?,16-,17-/m0/s1. The third-order valence-electron chi connectivity index (χ3n) is 4.35. The van der Waals surface area contributed by atoms with Crippen LogP contribution in [0.25, 0.3) is 0 Å². The van der Waals surface area contributed by atoms with Crippen molar-refractivity contribution in [3.63, 3.8) is 0 Å². The van der Waals surface area contributed by atoms with Gasteiger partial charge in [-0.25, -0.2) is 10.1 Å². The monoisotopic (exact) mass is 378 g/mol. The Hall–Kier alpha value is -1.39. The number of unbranched alkanes of at least 4 members (excludes halogenated alkanes) is 1. The molecule has 0 aromatic carbocycles. The van der Waals surface area contributed by atoms with E-state index in [9.17, 15) is 30.5 Å². The first-order valence-electron chi connectivity index (χ1n) is 8.75. The maximum atomic E-state index is 12.3. The molecular weight excluding hydrogens is 348 g/mol. The van der Waals surface area contributed by atoms with Crippen LogP contribution in [0, 0.1) is 5.92 Å². The Balaban J connectivity index is 3.45. The predicted octanol–water partition coefficient (Wildman–Crippen LogP) is 0.313. The van der Waals surface area contributed by atoms with Crippen LogP contribution >= 0.6 is 0 Å². The summed E-state index contributed by atoms with van der Waals surface area (Å²) in [6.07, 6.45) is -0.537. The summed E-state index contributed by atoms with van der Waals surface area (Å²) in [5.41, 5.74) is -4.19. The summed E-state index contributed by atoms with van der Waals surface area (Å²) in [6.45, 7) is 4.08. The van der Waals surface area contributed by atoms with Gasteiger partial charge in [0, 0.05) is 6.42 Å². The molecule has 1 aliphatic rings. The highest BCUT2D eigenvalue weighted by Crippen LogP contribution is 2.47. The van der Waals surface area contributed by atoms with Gasteiger partial charge in [-0.15, -0.1) is 0 Å². The molecule has 0 spiro atoms. The fourth-order valence-electron chi connectivity index (χ4n) is 3.14. The maximum absolute atomic E-state index is 12.3. The van der Waals surface area contributed by atoms with Crippen LogP contribution in [0.15, 0.2) is 11.5 Å². The van der Waals surface area contributed by atoms with E-state index in [-0.39, 0.29) is 18.9 Å². The molecular formula is C17H30O9. The number of ether oxygens (including phenoxy) is 2. The van der Waals surface area contributed by atoms with Crippen LogP contribution in [-0.4, -0.2) is 68.8 Å². The highest BCUT2D eigenvalue weighted by molar-refractivity contribution is 5.90. The van der Waals surface area contributed by atoms with E-state index in [4.69, 9.17) is 9.47 Å². The molecule has 9 heteroatoms. The molecule has 0 saturated heterocycles. The minimum atomic E-state index is -2.11. The average Bonchev–Trinajstić information content (AvgIpc) is 2.86. The average molecular weight is 378 g/mol. The molecule has 0 amide bonds. The smallest absolute Gasteiger partial charge is 0.378 e. The van der Waals surface area contributed by atoms with E-state index in [1.807, 2.05) is 6.92 Å². The van der Waals surface area contributed by atoms with Gasteiger partial charge in [-0.2, -0.15) is 0 Å². The Morgan fingerprint density at radius 3 is 2.42 bits per heavy atom. The van der Waals surface area contributed by atoms with E-state index < -0.39 is 54.4 Å². The molecule has 1 rings (SSSR count). The number of carbonyl (C=O) groups excluding carboxylic acids is 1. The minimum absolute atomic E-state index is 0.0377. The second kappa shape index (κ2) is 9.52. The van der Waals surface area contributed by atoms with Gasteiger partial charge in [0.1, 0.15) is 5.60 Å². The number of carbonyl (C=O) groups is 1. The zero-order valence-corrected chi connectivity index (χ0v) is 15.5. The fraction of sp³-hybridized carbons (Fsp3) is 0.824. The van der Waals surface area contributed by atoms with Crippen molar-refractivity contribution in [1.82, 2.24) is 0 Å². The molecule has 3 atom stereocenters. The van der Waals surface area contributed by atoms with Gasteiger partial charge in [-0.1, -0.05) is 27.2 Å². The van der Waals surface area contributed by atoms with Crippen LogP contribution < -0.4 is 0 Å². The summed E-state index contributed by atoms with van der Waals surface area (Å²) in [5, 5.41) is 49.5. The summed E-state index contributed by atoms with van der Waals surface area (Å²) in [7, 11) is 0. The number of esters is 1. The van der Waals surface area contributed by atoms with Crippen LogP contribution in [0.2, 0.25) is 0 Å². The second-order valence-electron chi connectivity index (χ2n) is 7.00. The zero-order valence-electron chi connectivity index (χ0n) is 15.5. The van der Waals surface area contributed by atoms with Gasteiger partial charge in [-0.05, 0) is 18.8 Å². The van der Waals surface area contributed by atoms with Crippen molar-refractivity contribution < 1.29 is 44.8 Å². The molecule has 0 aromatic heterocycles. The number of cyclic esters (lactones) is 1. The summed E-state index contributed by atoms with van der Waals surface area (Å²) >= 11 is 0. The minimum Gasteiger partial charge on any atom is -0.484 e. The molecule has 0 radical (unpaired) electrons. The Morgan fingerprint density at radius 2 is 1.96 bits per heavy atom. The van der Waals surface area contributed by atoms with E-state index >= 15 is 0 Å². The molecule has 0 fully saturated rings. The van der Waals surface area contributed by atoms with E-state index in [1.54, 1.807) is 13.8 Å². The van der Waals surface area contributed by atoms with Crippen molar-refractivity contribution in [2.45, 2.75) is 63.8 Å². The Kier molecular flexibility index (Phi) is 8.29. The Labute approximate surface area is 152 Å². The van der Waals surface area contributed by atoms with E-state index in [1.165, 1.54) is 0 Å². The molecule has 152 valence electrons. The molecule has 26 heavy (non-hydrogen) atoms. The fourth-order valence-corrected chi connectivity index (χ4v) is 3.14. The van der Waals surface area contributed by atoms with Crippen molar-refractivity contribution in [2.75, 3.05) is 19.8 Å². The molecule has 0 aliphatic carbocycles. The van der Waals surface area contributed by atoms with Gasteiger partial charge >= 0.3 is 5.97 Å². The lowest BCUT2D eigenvalue weighted by molar-refractivity contribution is -0.263. The number of aliphatic hydroxyl groups excluding tert-OH is 3. The molecule has 0 saturated carbocycles. The topological polar surface area (TPSA) is 146 Å². The molecule has 0 aromatic rings. The Morgan fingerprint density at radius 1 is 1.31 bits per heavy atom. The van der Waals surface area contributed by atoms with Crippen LogP contribution in [0.3, 0.4) is 0 Å². The largest absolute Gasteiger partial charge is 0.484 e. The molecule has 9 nitrogen and oxygen atoms in total. The van der Waals surface area contributed by atoms with Gasteiger partial charge in [-0.3, -0.25) is 0 Å².